The van der Waals surface area contributed by atoms with Crippen molar-refractivity contribution in [3.05, 3.63) is 0 Å². The third-order valence-corrected chi connectivity index (χ3v) is 3.25. The Kier molecular flexibility index (Phi) is 2.76. The first-order valence-corrected chi connectivity index (χ1v) is 4.78. The number of hydrogen-bond acceptors (Lipinski definition) is 2. The van der Waals surface area contributed by atoms with Crippen LogP contribution >= 0.6 is 0 Å². The van der Waals surface area contributed by atoms with Crippen LogP contribution in [0.15, 0.2) is 0 Å². The SMILES string of the molecule is CC[C@@H]1OC(=O)[C@H](C)[C@@H](C)[C@@H]1C. The van der Waals surface area contributed by atoms with Crippen LogP contribution in [-0.4, -0.2) is 12.1 Å². The Hall–Kier alpha value is -0.530. The Bertz CT molecular complexity index is 175. The molecule has 4 atom stereocenters. The molecule has 1 rings (SSSR count). The second kappa shape index (κ2) is 3.46. The number of rotatable bonds is 1. The number of esters is 1. The number of hydrogen-bond donors (Lipinski definition) is 0. The Labute approximate surface area is 74.3 Å². The van der Waals surface area contributed by atoms with Crippen molar-refractivity contribution in [1.29, 1.82) is 0 Å². The van der Waals surface area contributed by atoms with Gasteiger partial charge in [0.1, 0.15) is 6.10 Å². The van der Waals surface area contributed by atoms with Gasteiger partial charge in [-0.2, -0.15) is 0 Å². The zero-order valence-corrected chi connectivity index (χ0v) is 8.33. The molecule has 1 aliphatic heterocycles. The minimum atomic E-state index is -0.0209. The number of carbonyl (C=O) groups is 1. The molecule has 0 saturated carbocycles. The van der Waals surface area contributed by atoms with E-state index in [-0.39, 0.29) is 18.0 Å². The minimum Gasteiger partial charge on any atom is -0.462 e. The van der Waals surface area contributed by atoms with Gasteiger partial charge in [-0.3, -0.25) is 4.79 Å². The quantitative estimate of drug-likeness (QED) is 0.564. The molecule has 0 amide bonds. The normalized spacial score (nSPS) is 42.5. The Morgan fingerprint density at radius 1 is 1.25 bits per heavy atom. The molecule has 0 aliphatic carbocycles. The third kappa shape index (κ3) is 1.47. The molecule has 0 aromatic carbocycles. The maximum atomic E-state index is 11.3. The van der Waals surface area contributed by atoms with Crippen LogP contribution in [0.25, 0.3) is 0 Å². The van der Waals surface area contributed by atoms with Gasteiger partial charge in [0.15, 0.2) is 0 Å². The van der Waals surface area contributed by atoms with Crippen molar-refractivity contribution in [3.63, 3.8) is 0 Å². The first kappa shape index (κ1) is 9.56. The molecule has 2 nitrogen and oxygen atoms in total. The Morgan fingerprint density at radius 3 is 2.33 bits per heavy atom. The van der Waals surface area contributed by atoms with Gasteiger partial charge >= 0.3 is 5.97 Å². The fourth-order valence-electron chi connectivity index (χ4n) is 1.83. The summed E-state index contributed by atoms with van der Waals surface area (Å²) in [5, 5.41) is 0. The monoisotopic (exact) mass is 170 g/mol. The number of carbonyl (C=O) groups excluding carboxylic acids is 1. The van der Waals surface area contributed by atoms with Crippen molar-refractivity contribution in [1.82, 2.24) is 0 Å². The molecule has 1 fully saturated rings. The molecule has 0 bridgehead atoms. The molecule has 70 valence electrons. The van der Waals surface area contributed by atoms with E-state index in [0.717, 1.165) is 6.42 Å². The van der Waals surface area contributed by atoms with Gasteiger partial charge in [-0.1, -0.05) is 27.7 Å². The van der Waals surface area contributed by atoms with Crippen LogP contribution in [0, 0.1) is 17.8 Å². The van der Waals surface area contributed by atoms with Crippen molar-refractivity contribution >= 4 is 5.97 Å². The summed E-state index contributed by atoms with van der Waals surface area (Å²) in [7, 11) is 0. The molecule has 1 saturated heterocycles. The van der Waals surface area contributed by atoms with Gasteiger partial charge in [-0.05, 0) is 18.3 Å². The standard InChI is InChI=1S/C10H18O2/c1-5-9-7(3)6(2)8(4)10(11)12-9/h6-9H,5H2,1-4H3/t6-,7-,8+,9-/m0/s1. The highest BCUT2D eigenvalue weighted by Crippen LogP contribution is 2.32. The lowest BCUT2D eigenvalue weighted by molar-refractivity contribution is -0.169. The van der Waals surface area contributed by atoms with Gasteiger partial charge in [0, 0.05) is 0 Å². The maximum absolute atomic E-state index is 11.3. The number of cyclic esters (lactones) is 1. The van der Waals surface area contributed by atoms with Crippen molar-refractivity contribution < 1.29 is 9.53 Å². The highest BCUT2D eigenvalue weighted by molar-refractivity contribution is 5.73. The first-order valence-electron chi connectivity index (χ1n) is 4.78. The first-order chi connectivity index (χ1) is 5.57. The van der Waals surface area contributed by atoms with E-state index >= 15 is 0 Å². The molecular formula is C10H18O2. The molecule has 1 heterocycles. The molecule has 0 aromatic rings. The van der Waals surface area contributed by atoms with Gasteiger partial charge in [-0.25, -0.2) is 0 Å². The Balaban J connectivity index is 2.70. The van der Waals surface area contributed by atoms with Gasteiger partial charge in [0.05, 0.1) is 5.92 Å². The zero-order chi connectivity index (χ0) is 9.30. The molecule has 0 spiro atoms. The highest BCUT2D eigenvalue weighted by Gasteiger charge is 2.37. The summed E-state index contributed by atoms with van der Waals surface area (Å²) < 4.78 is 5.29. The van der Waals surface area contributed by atoms with Gasteiger partial charge < -0.3 is 4.74 Å². The van der Waals surface area contributed by atoms with Crippen LogP contribution in [0.5, 0.6) is 0 Å². The lowest BCUT2D eigenvalue weighted by Gasteiger charge is -2.36. The summed E-state index contributed by atoms with van der Waals surface area (Å²) in [6, 6.07) is 0. The van der Waals surface area contributed by atoms with E-state index in [1.807, 2.05) is 6.92 Å². The topological polar surface area (TPSA) is 26.3 Å². The van der Waals surface area contributed by atoms with Crippen LogP contribution in [0.3, 0.4) is 0 Å². The predicted octanol–water partition coefficient (Wildman–Crippen LogP) is 2.23. The van der Waals surface area contributed by atoms with E-state index in [0.29, 0.717) is 11.8 Å². The summed E-state index contributed by atoms with van der Waals surface area (Å²) in [6.07, 6.45) is 1.08. The molecular weight excluding hydrogens is 152 g/mol. The molecule has 0 N–H and O–H groups in total. The maximum Gasteiger partial charge on any atom is 0.309 e. The van der Waals surface area contributed by atoms with Crippen molar-refractivity contribution in [2.75, 3.05) is 0 Å². The van der Waals surface area contributed by atoms with E-state index in [2.05, 4.69) is 20.8 Å². The lowest BCUT2D eigenvalue weighted by atomic mass is 9.79. The average molecular weight is 170 g/mol. The van der Waals surface area contributed by atoms with Crippen LogP contribution in [0.4, 0.5) is 0 Å². The van der Waals surface area contributed by atoms with Gasteiger partial charge in [0.25, 0.3) is 0 Å². The van der Waals surface area contributed by atoms with Crippen molar-refractivity contribution in [2.24, 2.45) is 17.8 Å². The van der Waals surface area contributed by atoms with Crippen LogP contribution in [0.2, 0.25) is 0 Å². The summed E-state index contributed by atoms with van der Waals surface area (Å²) >= 11 is 0. The predicted molar refractivity (Wildman–Crippen MR) is 47.7 cm³/mol. The summed E-state index contributed by atoms with van der Waals surface area (Å²) in [4.78, 5) is 11.3. The van der Waals surface area contributed by atoms with Crippen LogP contribution in [0.1, 0.15) is 34.1 Å². The molecule has 0 radical (unpaired) electrons. The lowest BCUT2D eigenvalue weighted by Crippen LogP contribution is -2.41. The summed E-state index contributed by atoms with van der Waals surface area (Å²) in [5.74, 6) is 1.01. The molecule has 0 aromatic heterocycles. The van der Waals surface area contributed by atoms with Crippen LogP contribution in [-0.2, 0) is 9.53 Å². The highest BCUT2D eigenvalue weighted by atomic mass is 16.5. The fraction of sp³-hybridized carbons (Fsp3) is 0.900. The smallest absolute Gasteiger partial charge is 0.309 e. The van der Waals surface area contributed by atoms with Gasteiger partial charge in [0.2, 0.25) is 0 Å². The second-order valence-electron chi connectivity index (χ2n) is 3.89. The van der Waals surface area contributed by atoms with E-state index in [9.17, 15) is 4.79 Å². The van der Waals surface area contributed by atoms with E-state index in [4.69, 9.17) is 4.74 Å². The molecule has 2 heteroatoms. The second-order valence-corrected chi connectivity index (χ2v) is 3.89. The minimum absolute atomic E-state index is 0.0209. The van der Waals surface area contributed by atoms with Crippen LogP contribution < -0.4 is 0 Å². The van der Waals surface area contributed by atoms with Gasteiger partial charge in [-0.15, -0.1) is 0 Å². The van der Waals surface area contributed by atoms with E-state index < -0.39 is 0 Å². The van der Waals surface area contributed by atoms with Crippen molar-refractivity contribution in [3.8, 4) is 0 Å². The third-order valence-electron chi connectivity index (χ3n) is 3.25. The Morgan fingerprint density at radius 2 is 1.83 bits per heavy atom. The van der Waals surface area contributed by atoms with E-state index in [1.54, 1.807) is 0 Å². The fourth-order valence-corrected chi connectivity index (χ4v) is 1.83. The largest absolute Gasteiger partial charge is 0.462 e. The zero-order valence-electron chi connectivity index (χ0n) is 8.33. The van der Waals surface area contributed by atoms with E-state index in [1.165, 1.54) is 0 Å². The number of ether oxygens (including phenoxy) is 1. The molecule has 12 heavy (non-hydrogen) atoms. The molecule has 0 unspecified atom stereocenters. The average Bonchev–Trinajstić information content (AvgIpc) is 2.08. The van der Waals surface area contributed by atoms with Crippen molar-refractivity contribution in [2.45, 2.75) is 40.2 Å². The molecule has 1 aliphatic rings. The summed E-state index contributed by atoms with van der Waals surface area (Å²) in [6.45, 7) is 8.33. The summed E-state index contributed by atoms with van der Waals surface area (Å²) in [5.41, 5.74) is 0.